The SMILES string of the molecule is COc1ccc(-c2nnc(SCC(=O)c3cccc(OC)c3)o2)cc1. The Balaban J connectivity index is 1.63. The fourth-order valence-electron chi connectivity index (χ4n) is 2.13. The fraction of sp³-hybridized carbons (Fsp3) is 0.167. The molecular formula is C18H16N2O4S. The van der Waals surface area contributed by atoms with Gasteiger partial charge in [-0.25, -0.2) is 0 Å². The molecule has 0 bridgehead atoms. The minimum absolute atomic E-state index is 0.0342. The van der Waals surface area contributed by atoms with E-state index in [0.717, 1.165) is 11.3 Å². The first-order chi connectivity index (χ1) is 12.2. The topological polar surface area (TPSA) is 74.5 Å². The van der Waals surface area contributed by atoms with Crippen molar-refractivity contribution in [2.45, 2.75) is 5.22 Å². The smallest absolute Gasteiger partial charge is 0.277 e. The second-order valence-electron chi connectivity index (χ2n) is 5.05. The summed E-state index contributed by atoms with van der Waals surface area (Å²) in [5, 5.41) is 8.33. The second kappa shape index (κ2) is 7.85. The number of benzene rings is 2. The Morgan fingerprint density at radius 2 is 1.80 bits per heavy atom. The molecule has 0 amide bonds. The maximum Gasteiger partial charge on any atom is 0.277 e. The maximum absolute atomic E-state index is 12.3. The number of rotatable bonds is 7. The van der Waals surface area contributed by atoms with Gasteiger partial charge in [0, 0.05) is 11.1 Å². The molecule has 2 aromatic carbocycles. The van der Waals surface area contributed by atoms with Gasteiger partial charge in [0.05, 0.1) is 20.0 Å². The Morgan fingerprint density at radius 3 is 2.52 bits per heavy atom. The normalized spacial score (nSPS) is 10.5. The lowest BCUT2D eigenvalue weighted by Gasteiger charge is -2.02. The van der Waals surface area contributed by atoms with Crippen molar-refractivity contribution in [2.75, 3.05) is 20.0 Å². The molecule has 6 nitrogen and oxygen atoms in total. The van der Waals surface area contributed by atoms with Crippen molar-refractivity contribution in [1.29, 1.82) is 0 Å². The van der Waals surface area contributed by atoms with Crippen molar-refractivity contribution in [3.05, 3.63) is 54.1 Å². The number of hydrogen-bond acceptors (Lipinski definition) is 7. The van der Waals surface area contributed by atoms with E-state index in [2.05, 4.69) is 10.2 Å². The molecule has 0 atom stereocenters. The van der Waals surface area contributed by atoms with Crippen molar-refractivity contribution in [3.8, 4) is 23.0 Å². The molecule has 0 spiro atoms. The lowest BCUT2D eigenvalue weighted by molar-refractivity contribution is 0.102. The second-order valence-corrected chi connectivity index (χ2v) is 5.97. The van der Waals surface area contributed by atoms with E-state index in [0.29, 0.717) is 22.4 Å². The van der Waals surface area contributed by atoms with Crippen LogP contribution in [0.1, 0.15) is 10.4 Å². The van der Waals surface area contributed by atoms with Gasteiger partial charge < -0.3 is 13.9 Å². The van der Waals surface area contributed by atoms with Gasteiger partial charge in [-0.2, -0.15) is 0 Å². The molecule has 3 rings (SSSR count). The van der Waals surface area contributed by atoms with E-state index in [4.69, 9.17) is 13.9 Å². The number of aromatic nitrogens is 2. The highest BCUT2D eigenvalue weighted by atomic mass is 32.2. The summed E-state index contributed by atoms with van der Waals surface area (Å²) in [6.45, 7) is 0. The highest BCUT2D eigenvalue weighted by Gasteiger charge is 2.13. The molecule has 1 heterocycles. The van der Waals surface area contributed by atoms with Gasteiger partial charge in [0.1, 0.15) is 11.5 Å². The van der Waals surface area contributed by atoms with Crippen LogP contribution in [0.25, 0.3) is 11.5 Å². The van der Waals surface area contributed by atoms with E-state index < -0.39 is 0 Å². The monoisotopic (exact) mass is 356 g/mol. The summed E-state index contributed by atoms with van der Waals surface area (Å²) in [6.07, 6.45) is 0. The van der Waals surface area contributed by atoms with E-state index in [1.54, 1.807) is 38.5 Å². The van der Waals surface area contributed by atoms with Gasteiger partial charge in [-0.3, -0.25) is 4.79 Å². The zero-order valence-corrected chi connectivity index (χ0v) is 14.6. The van der Waals surface area contributed by atoms with E-state index in [1.165, 1.54) is 11.8 Å². The number of Topliss-reactive ketones (excluding diaryl/α,β-unsaturated/α-hetero) is 1. The first kappa shape index (κ1) is 17.0. The number of ketones is 1. The van der Waals surface area contributed by atoms with Crippen LogP contribution < -0.4 is 9.47 Å². The zero-order chi connectivity index (χ0) is 17.6. The van der Waals surface area contributed by atoms with Crippen molar-refractivity contribution in [1.82, 2.24) is 10.2 Å². The van der Waals surface area contributed by atoms with Crippen LogP contribution in [0.3, 0.4) is 0 Å². The summed E-state index contributed by atoms with van der Waals surface area (Å²) < 4.78 is 15.8. The van der Waals surface area contributed by atoms with E-state index >= 15 is 0 Å². The number of hydrogen-bond donors (Lipinski definition) is 0. The van der Waals surface area contributed by atoms with Gasteiger partial charge in [0.2, 0.25) is 5.89 Å². The average Bonchev–Trinajstić information content (AvgIpc) is 3.15. The van der Waals surface area contributed by atoms with Crippen LogP contribution >= 0.6 is 11.8 Å². The molecule has 1 aromatic heterocycles. The lowest BCUT2D eigenvalue weighted by Crippen LogP contribution is -2.02. The first-order valence-electron chi connectivity index (χ1n) is 7.47. The van der Waals surface area contributed by atoms with Gasteiger partial charge in [-0.05, 0) is 36.4 Å². The molecule has 0 aliphatic heterocycles. The number of carbonyl (C=O) groups is 1. The number of nitrogens with zero attached hydrogens (tertiary/aromatic N) is 2. The van der Waals surface area contributed by atoms with Crippen LogP contribution in [-0.4, -0.2) is 36.0 Å². The predicted octanol–water partition coefficient (Wildman–Crippen LogP) is 3.73. The minimum Gasteiger partial charge on any atom is -0.497 e. The zero-order valence-electron chi connectivity index (χ0n) is 13.8. The summed E-state index contributed by atoms with van der Waals surface area (Å²) in [6, 6.07) is 14.3. The van der Waals surface area contributed by atoms with Gasteiger partial charge in [-0.15, -0.1) is 10.2 Å². The fourth-order valence-corrected chi connectivity index (χ4v) is 2.78. The van der Waals surface area contributed by atoms with E-state index in [-0.39, 0.29) is 11.5 Å². The quantitative estimate of drug-likeness (QED) is 0.472. The number of ether oxygens (including phenoxy) is 2. The van der Waals surface area contributed by atoms with Crippen molar-refractivity contribution in [3.63, 3.8) is 0 Å². The van der Waals surface area contributed by atoms with Gasteiger partial charge >= 0.3 is 0 Å². The molecule has 7 heteroatoms. The Bertz CT molecular complexity index is 862. The number of methoxy groups -OCH3 is 2. The molecule has 0 radical (unpaired) electrons. The summed E-state index contributed by atoms with van der Waals surface area (Å²) in [7, 11) is 3.17. The van der Waals surface area contributed by atoms with Crippen LogP contribution in [0.2, 0.25) is 0 Å². The number of carbonyl (C=O) groups excluding carboxylic acids is 1. The Labute approximate surface area is 149 Å². The maximum atomic E-state index is 12.3. The lowest BCUT2D eigenvalue weighted by atomic mass is 10.1. The largest absolute Gasteiger partial charge is 0.497 e. The van der Waals surface area contributed by atoms with Crippen molar-refractivity contribution >= 4 is 17.5 Å². The van der Waals surface area contributed by atoms with Crippen molar-refractivity contribution in [2.24, 2.45) is 0 Å². The molecule has 3 aromatic rings. The Hall–Kier alpha value is -2.80. The van der Waals surface area contributed by atoms with Crippen LogP contribution in [-0.2, 0) is 0 Å². The molecule has 0 aliphatic carbocycles. The van der Waals surface area contributed by atoms with Gasteiger partial charge in [-0.1, -0.05) is 23.9 Å². The molecule has 0 N–H and O–H groups in total. The Morgan fingerprint density at radius 1 is 1.04 bits per heavy atom. The summed E-state index contributed by atoms with van der Waals surface area (Å²) in [5.41, 5.74) is 1.38. The molecule has 0 saturated heterocycles. The predicted molar refractivity (Wildman–Crippen MR) is 94.3 cm³/mol. The van der Waals surface area contributed by atoms with E-state index in [9.17, 15) is 4.79 Å². The molecule has 0 fully saturated rings. The number of thioether (sulfide) groups is 1. The minimum atomic E-state index is -0.0342. The molecule has 128 valence electrons. The Kier molecular flexibility index (Phi) is 5.35. The van der Waals surface area contributed by atoms with Crippen LogP contribution in [0.15, 0.2) is 58.2 Å². The molecule has 25 heavy (non-hydrogen) atoms. The van der Waals surface area contributed by atoms with Crippen LogP contribution in [0.5, 0.6) is 11.5 Å². The van der Waals surface area contributed by atoms with Gasteiger partial charge in [0.25, 0.3) is 5.22 Å². The molecule has 0 unspecified atom stereocenters. The van der Waals surface area contributed by atoms with Gasteiger partial charge in [0.15, 0.2) is 5.78 Å². The van der Waals surface area contributed by atoms with Crippen LogP contribution in [0, 0.1) is 0 Å². The molecular weight excluding hydrogens is 340 g/mol. The van der Waals surface area contributed by atoms with E-state index in [1.807, 2.05) is 24.3 Å². The third kappa shape index (κ3) is 4.19. The highest BCUT2D eigenvalue weighted by Crippen LogP contribution is 2.25. The van der Waals surface area contributed by atoms with Crippen LogP contribution in [0.4, 0.5) is 0 Å². The van der Waals surface area contributed by atoms with Crippen molar-refractivity contribution < 1.29 is 18.7 Å². The summed E-state index contributed by atoms with van der Waals surface area (Å²) in [5.74, 6) is 1.97. The molecule has 0 saturated carbocycles. The third-order valence-corrected chi connectivity index (χ3v) is 4.28. The highest BCUT2D eigenvalue weighted by molar-refractivity contribution is 7.99. The molecule has 0 aliphatic rings. The summed E-state index contributed by atoms with van der Waals surface area (Å²) in [4.78, 5) is 12.3. The standard InChI is InChI=1S/C18H16N2O4S/c1-22-14-8-6-12(7-9-14)17-19-20-18(24-17)25-11-16(21)13-4-3-5-15(10-13)23-2/h3-10H,11H2,1-2H3. The average molecular weight is 356 g/mol. The first-order valence-corrected chi connectivity index (χ1v) is 8.46. The summed E-state index contributed by atoms with van der Waals surface area (Å²) >= 11 is 1.20. The third-order valence-electron chi connectivity index (χ3n) is 3.46.